The number of hydrogen-bond donors (Lipinski definition) is 1. The first-order chi connectivity index (χ1) is 17.0. The summed E-state index contributed by atoms with van der Waals surface area (Å²) in [5, 5.41) is 13.7. The zero-order chi connectivity index (χ0) is 24.4. The van der Waals surface area contributed by atoms with E-state index in [1.165, 1.54) is 23.1 Å². The summed E-state index contributed by atoms with van der Waals surface area (Å²) >= 11 is 1.62. The van der Waals surface area contributed by atoms with Crippen LogP contribution in [0.4, 0.5) is 4.79 Å². The molecule has 1 N–H and O–H groups in total. The molecular formula is C28H30N4O2S. The SMILES string of the molecule is CC(C)Oc1ccc(-c2ncc(-c3cccc4c3CC[C@H]4NC(=O)N3CCCCC3)s2)cc1C#N. The van der Waals surface area contributed by atoms with Gasteiger partial charge < -0.3 is 15.0 Å². The van der Waals surface area contributed by atoms with Crippen LogP contribution in [-0.4, -0.2) is 35.1 Å². The van der Waals surface area contributed by atoms with Crippen LogP contribution in [0.2, 0.25) is 0 Å². The van der Waals surface area contributed by atoms with Crippen LogP contribution in [-0.2, 0) is 6.42 Å². The first kappa shape index (κ1) is 23.4. The molecule has 5 rings (SSSR count). The molecule has 180 valence electrons. The van der Waals surface area contributed by atoms with Crippen molar-refractivity contribution < 1.29 is 9.53 Å². The molecule has 2 amide bonds. The van der Waals surface area contributed by atoms with E-state index in [4.69, 9.17) is 4.74 Å². The van der Waals surface area contributed by atoms with Crippen LogP contribution in [0.1, 0.15) is 62.3 Å². The Morgan fingerprint density at radius 2 is 2.06 bits per heavy atom. The summed E-state index contributed by atoms with van der Waals surface area (Å²) in [6.07, 6.45) is 7.17. The lowest BCUT2D eigenvalue weighted by molar-refractivity contribution is 0.182. The van der Waals surface area contributed by atoms with Crippen LogP contribution in [0.5, 0.6) is 5.75 Å². The number of fused-ring (bicyclic) bond motifs is 1. The van der Waals surface area contributed by atoms with Crippen molar-refractivity contribution in [1.82, 2.24) is 15.2 Å². The number of likely N-dealkylation sites (tertiary alicyclic amines) is 1. The molecule has 3 aromatic rings. The highest BCUT2D eigenvalue weighted by Gasteiger charge is 2.28. The Bertz CT molecular complexity index is 1270. The second kappa shape index (κ2) is 10.1. The number of rotatable bonds is 5. The van der Waals surface area contributed by atoms with Gasteiger partial charge in [0.15, 0.2) is 0 Å². The van der Waals surface area contributed by atoms with E-state index in [-0.39, 0.29) is 18.2 Å². The molecule has 0 saturated carbocycles. The van der Waals surface area contributed by atoms with Crippen LogP contribution >= 0.6 is 11.3 Å². The third-order valence-electron chi connectivity index (χ3n) is 6.69. The highest BCUT2D eigenvalue weighted by molar-refractivity contribution is 7.18. The van der Waals surface area contributed by atoms with Gasteiger partial charge in [0.25, 0.3) is 0 Å². The van der Waals surface area contributed by atoms with Gasteiger partial charge in [-0.15, -0.1) is 11.3 Å². The second-order valence-electron chi connectivity index (χ2n) is 9.48. The Kier molecular flexibility index (Phi) is 6.74. The number of thiazole rings is 1. The summed E-state index contributed by atoms with van der Waals surface area (Å²) in [4.78, 5) is 20.5. The summed E-state index contributed by atoms with van der Waals surface area (Å²) < 4.78 is 5.76. The smallest absolute Gasteiger partial charge is 0.317 e. The molecule has 2 aromatic carbocycles. The summed E-state index contributed by atoms with van der Waals surface area (Å²) in [5.74, 6) is 0.599. The molecule has 1 saturated heterocycles. The van der Waals surface area contributed by atoms with E-state index < -0.39 is 0 Å². The number of amides is 2. The Labute approximate surface area is 210 Å². The molecule has 0 bridgehead atoms. The standard InChI is InChI=1S/C28H30N4O2S/c1-18(2)34-25-12-9-19(15-20(25)16-29)27-30-17-26(35-27)23-8-6-7-22-21(23)10-11-24(22)31-28(33)32-13-4-3-5-14-32/h6-9,12,15,17-18,24H,3-5,10-11,13-14H2,1-2H3,(H,31,33)/t24-/m1/s1. The molecule has 0 spiro atoms. The second-order valence-corrected chi connectivity index (χ2v) is 10.5. The predicted molar refractivity (Wildman–Crippen MR) is 138 cm³/mol. The van der Waals surface area contributed by atoms with E-state index in [9.17, 15) is 10.1 Å². The van der Waals surface area contributed by atoms with Crippen molar-refractivity contribution >= 4 is 17.4 Å². The Hall–Kier alpha value is -3.37. The number of nitrogens with one attached hydrogen (secondary N) is 1. The number of benzene rings is 2. The third-order valence-corrected chi connectivity index (χ3v) is 7.77. The van der Waals surface area contributed by atoms with Gasteiger partial charge in [0.2, 0.25) is 0 Å². The van der Waals surface area contributed by atoms with Gasteiger partial charge in [-0.25, -0.2) is 9.78 Å². The fraction of sp³-hybridized carbons (Fsp3) is 0.393. The number of piperidine rings is 1. The van der Waals surface area contributed by atoms with Gasteiger partial charge in [0, 0.05) is 24.8 Å². The van der Waals surface area contributed by atoms with E-state index >= 15 is 0 Å². The van der Waals surface area contributed by atoms with E-state index in [1.54, 1.807) is 11.3 Å². The Balaban J connectivity index is 1.37. The van der Waals surface area contributed by atoms with Gasteiger partial charge in [-0.1, -0.05) is 18.2 Å². The van der Waals surface area contributed by atoms with Gasteiger partial charge in [0.1, 0.15) is 16.8 Å². The average molecular weight is 487 g/mol. The topological polar surface area (TPSA) is 78.2 Å². The molecule has 2 heterocycles. The van der Waals surface area contributed by atoms with Gasteiger partial charge in [-0.2, -0.15) is 5.26 Å². The molecule has 7 heteroatoms. The molecule has 1 fully saturated rings. The molecule has 1 aliphatic heterocycles. The molecular weight excluding hydrogens is 456 g/mol. The van der Waals surface area contributed by atoms with Crippen molar-refractivity contribution in [3.8, 4) is 32.8 Å². The molecule has 0 unspecified atom stereocenters. The van der Waals surface area contributed by atoms with Crippen molar-refractivity contribution in [3.05, 3.63) is 59.3 Å². The monoisotopic (exact) mass is 486 g/mol. The molecule has 2 aliphatic rings. The van der Waals surface area contributed by atoms with Gasteiger partial charge >= 0.3 is 6.03 Å². The van der Waals surface area contributed by atoms with E-state index in [0.29, 0.717) is 11.3 Å². The zero-order valence-electron chi connectivity index (χ0n) is 20.2. The summed E-state index contributed by atoms with van der Waals surface area (Å²) in [5.41, 5.74) is 5.12. The minimum atomic E-state index is 0.00746. The molecule has 1 aromatic heterocycles. The third kappa shape index (κ3) is 4.89. The van der Waals surface area contributed by atoms with Crippen LogP contribution < -0.4 is 10.1 Å². The molecule has 1 aliphatic carbocycles. The lowest BCUT2D eigenvalue weighted by Crippen LogP contribution is -2.43. The van der Waals surface area contributed by atoms with Crippen LogP contribution in [0.25, 0.3) is 21.0 Å². The largest absolute Gasteiger partial charge is 0.490 e. The van der Waals surface area contributed by atoms with Crippen LogP contribution in [0, 0.1) is 11.3 Å². The zero-order valence-corrected chi connectivity index (χ0v) is 21.0. The summed E-state index contributed by atoms with van der Waals surface area (Å²) in [6.45, 7) is 5.61. The molecule has 6 nitrogen and oxygen atoms in total. The maximum Gasteiger partial charge on any atom is 0.317 e. The summed E-state index contributed by atoms with van der Waals surface area (Å²) in [6, 6.07) is 14.4. The first-order valence-corrected chi connectivity index (χ1v) is 13.2. The van der Waals surface area contributed by atoms with Crippen molar-refractivity contribution in [2.75, 3.05) is 13.1 Å². The lowest BCUT2D eigenvalue weighted by atomic mass is 10.0. The summed E-state index contributed by atoms with van der Waals surface area (Å²) in [7, 11) is 0. The van der Waals surface area contributed by atoms with E-state index in [0.717, 1.165) is 54.2 Å². The van der Waals surface area contributed by atoms with Gasteiger partial charge in [0.05, 0.1) is 22.6 Å². The number of urea groups is 1. The van der Waals surface area contributed by atoms with Crippen molar-refractivity contribution in [1.29, 1.82) is 5.26 Å². The minimum absolute atomic E-state index is 0.00746. The highest BCUT2D eigenvalue weighted by atomic mass is 32.1. The minimum Gasteiger partial charge on any atom is -0.490 e. The maximum absolute atomic E-state index is 12.8. The van der Waals surface area contributed by atoms with Gasteiger partial charge in [-0.3, -0.25) is 0 Å². The normalized spacial score (nSPS) is 17.2. The fourth-order valence-electron chi connectivity index (χ4n) is 5.01. The van der Waals surface area contributed by atoms with E-state index in [1.807, 2.05) is 43.1 Å². The molecule has 0 radical (unpaired) electrons. The fourth-order valence-corrected chi connectivity index (χ4v) is 5.98. The van der Waals surface area contributed by atoms with Gasteiger partial charge in [-0.05, 0) is 80.8 Å². The van der Waals surface area contributed by atoms with Crippen molar-refractivity contribution in [3.63, 3.8) is 0 Å². The van der Waals surface area contributed by atoms with Crippen molar-refractivity contribution in [2.45, 2.75) is 58.1 Å². The Morgan fingerprint density at radius 3 is 2.83 bits per heavy atom. The highest BCUT2D eigenvalue weighted by Crippen LogP contribution is 2.41. The lowest BCUT2D eigenvalue weighted by Gasteiger charge is -2.28. The number of hydrogen-bond acceptors (Lipinski definition) is 5. The number of aromatic nitrogens is 1. The quantitative estimate of drug-likeness (QED) is 0.458. The number of nitriles is 1. The number of ether oxygens (including phenoxy) is 1. The molecule has 1 atom stereocenters. The number of carbonyl (C=O) groups excluding carboxylic acids is 1. The number of nitrogens with zero attached hydrogens (tertiary/aromatic N) is 3. The van der Waals surface area contributed by atoms with Crippen molar-refractivity contribution in [2.24, 2.45) is 0 Å². The van der Waals surface area contributed by atoms with Crippen LogP contribution in [0.15, 0.2) is 42.6 Å². The number of carbonyl (C=O) groups is 1. The maximum atomic E-state index is 12.8. The predicted octanol–water partition coefficient (Wildman–Crippen LogP) is 6.32. The van der Waals surface area contributed by atoms with Crippen LogP contribution in [0.3, 0.4) is 0 Å². The molecule has 35 heavy (non-hydrogen) atoms. The van der Waals surface area contributed by atoms with E-state index in [2.05, 4.69) is 34.6 Å². The Morgan fingerprint density at radius 1 is 1.23 bits per heavy atom. The first-order valence-electron chi connectivity index (χ1n) is 12.4. The average Bonchev–Trinajstić information content (AvgIpc) is 3.52.